The van der Waals surface area contributed by atoms with E-state index in [0.29, 0.717) is 17.8 Å². The first-order valence-corrected chi connectivity index (χ1v) is 7.90. The number of likely N-dealkylation sites (tertiary alicyclic amines) is 1. The number of hydrogen-bond donors (Lipinski definition) is 1. The summed E-state index contributed by atoms with van der Waals surface area (Å²) in [5, 5.41) is 10.2. The molecule has 3 rings (SSSR count). The molecule has 110 valence electrons. The van der Waals surface area contributed by atoms with E-state index in [1.54, 1.807) is 6.07 Å². The molecule has 1 heterocycles. The van der Waals surface area contributed by atoms with Gasteiger partial charge in [-0.15, -0.1) is 0 Å². The van der Waals surface area contributed by atoms with Gasteiger partial charge in [0.05, 0.1) is 0 Å². The minimum absolute atomic E-state index is 0.291. The standard InChI is InChI=1S/C19H23NO/c1-2-17(16-11-6-7-13-19(16)21)20-14-8-12-18(20)15-9-4-3-5-10-15/h3-7,9-11,13,17-18,21H,2,8,12,14H2,1H3. The molecule has 0 amide bonds. The molecule has 2 unspecified atom stereocenters. The van der Waals surface area contributed by atoms with Gasteiger partial charge in [-0.05, 0) is 37.4 Å². The summed E-state index contributed by atoms with van der Waals surface area (Å²) < 4.78 is 0. The lowest BCUT2D eigenvalue weighted by atomic mass is 9.98. The fraction of sp³-hybridized carbons (Fsp3) is 0.368. The zero-order valence-electron chi connectivity index (χ0n) is 12.6. The highest BCUT2D eigenvalue weighted by atomic mass is 16.3. The van der Waals surface area contributed by atoms with Crippen molar-refractivity contribution in [3.05, 3.63) is 65.7 Å². The Morgan fingerprint density at radius 3 is 2.52 bits per heavy atom. The van der Waals surface area contributed by atoms with Gasteiger partial charge in [-0.1, -0.05) is 55.5 Å². The summed E-state index contributed by atoms with van der Waals surface area (Å²) in [6.45, 7) is 3.31. The van der Waals surface area contributed by atoms with Crippen LogP contribution in [0.3, 0.4) is 0 Å². The Morgan fingerprint density at radius 2 is 1.81 bits per heavy atom. The third-order valence-corrected chi connectivity index (χ3v) is 4.56. The summed E-state index contributed by atoms with van der Waals surface area (Å²) in [5.41, 5.74) is 2.45. The van der Waals surface area contributed by atoms with Crippen molar-refractivity contribution in [1.29, 1.82) is 0 Å². The van der Waals surface area contributed by atoms with E-state index in [9.17, 15) is 5.11 Å². The lowest BCUT2D eigenvalue weighted by Crippen LogP contribution is -2.28. The SMILES string of the molecule is CCC(c1ccccc1O)N1CCCC1c1ccccc1. The van der Waals surface area contributed by atoms with Gasteiger partial charge in [0.1, 0.15) is 5.75 Å². The highest BCUT2D eigenvalue weighted by molar-refractivity contribution is 5.35. The molecular weight excluding hydrogens is 258 g/mol. The molecule has 0 radical (unpaired) electrons. The van der Waals surface area contributed by atoms with Gasteiger partial charge >= 0.3 is 0 Å². The molecule has 2 nitrogen and oxygen atoms in total. The van der Waals surface area contributed by atoms with E-state index >= 15 is 0 Å². The Balaban J connectivity index is 1.91. The molecule has 1 saturated heterocycles. The second-order valence-electron chi connectivity index (χ2n) is 5.79. The second-order valence-corrected chi connectivity index (χ2v) is 5.79. The monoisotopic (exact) mass is 281 g/mol. The number of benzene rings is 2. The molecule has 1 aliphatic rings. The molecule has 2 aromatic rings. The van der Waals surface area contributed by atoms with E-state index in [2.05, 4.69) is 48.2 Å². The Kier molecular flexibility index (Phi) is 4.26. The van der Waals surface area contributed by atoms with Crippen LogP contribution in [0.4, 0.5) is 0 Å². The van der Waals surface area contributed by atoms with E-state index in [1.165, 1.54) is 18.4 Å². The van der Waals surface area contributed by atoms with Crippen LogP contribution >= 0.6 is 0 Å². The summed E-state index contributed by atoms with van der Waals surface area (Å²) >= 11 is 0. The molecule has 0 spiro atoms. The summed E-state index contributed by atoms with van der Waals surface area (Å²) in [7, 11) is 0. The van der Waals surface area contributed by atoms with Crippen molar-refractivity contribution in [2.24, 2.45) is 0 Å². The van der Waals surface area contributed by atoms with Crippen LogP contribution in [0.2, 0.25) is 0 Å². The Bertz CT molecular complexity index is 581. The average Bonchev–Trinajstić information content (AvgIpc) is 3.00. The van der Waals surface area contributed by atoms with Crippen molar-refractivity contribution in [1.82, 2.24) is 4.90 Å². The minimum Gasteiger partial charge on any atom is -0.508 e. The van der Waals surface area contributed by atoms with E-state index in [0.717, 1.165) is 18.5 Å². The van der Waals surface area contributed by atoms with Crippen LogP contribution in [-0.2, 0) is 0 Å². The predicted octanol–water partition coefficient (Wildman–Crippen LogP) is 4.68. The van der Waals surface area contributed by atoms with Crippen molar-refractivity contribution in [2.75, 3.05) is 6.54 Å². The fourth-order valence-electron chi connectivity index (χ4n) is 3.60. The van der Waals surface area contributed by atoms with E-state index < -0.39 is 0 Å². The molecule has 1 fully saturated rings. The van der Waals surface area contributed by atoms with Crippen LogP contribution in [0, 0.1) is 0 Å². The third-order valence-electron chi connectivity index (χ3n) is 4.56. The first kappa shape index (κ1) is 14.2. The number of nitrogens with zero attached hydrogens (tertiary/aromatic N) is 1. The number of phenolic OH excluding ortho intramolecular Hbond substituents is 1. The van der Waals surface area contributed by atoms with Gasteiger partial charge in [0.15, 0.2) is 0 Å². The number of hydrogen-bond acceptors (Lipinski definition) is 2. The molecule has 2 atom stereocenters. The summed E-state index contributed by atoms with van der Waals surface area (Å²) in [4.78, 5) is 2.56. The van der Waals surface area contributed by atoms with Crippen LogP contribution < -0.4 is 0 Å². The lowest BCUT2D eigenvalue weighted by Gasteiger charge is -2.33. The normalized spacial score (nSPS) is 20.5. The molecule has 0 aromatic heterocycles. The van der Waals surface area contributed by atoms with Crippen LogP contribution in [0.1, 0.15) is 49.4 Å². The molecule has 0 bridgehead atoms. The maximum absolute atomic E-state index is 10.2. The number of aromatic hydroxyl groups is 1. The van der Waals surface area contributed by atoms with Gasteiger partial charge in [0.25, 0.3) is 0 Å². The van der Waals surface area contributed by atoms with Crippen LogP contribution in [0.5, 0.6) is 5.75 Å². The van der Waals surface area contributed by atoms with E-state index in [1.807, 2.05) is 12.1 Å². The molecule has 0 saturated carbocycles. The summed E-state index contributed by atoms with van der Waals surface area (Å²) in [5.74, 6) is 0.420. The number of rotatable bonds is 4. The van der Waals surface area contributed by atoms with Crippen molar-refractivity contribution in [3.8, 4) is 5.75 Å². The fourth-order valence-corrected chi connectivity index (χ4v) is 3.60. The quantitative estimate of drug-likeness (QED) is 0.879. The first-order chi connectivity index (χ1) is 10.3. The van der Waals surface area contributed by atoms with Crippen molar-refractivity contribution in [3.63, 3.8) is 0 Å². The molecule has 2 heteroatoms. The number of phenols is 1. The highest BCUT2D eigenvalue weighted by Crippen LogP contribution is 2.41. The zero-order valence-corrected chi connectivity index (χ0v) is 12.6. The minimum atomic E-state index is 0.291. The average molecular weight is 281 g/mol. The molecule has 2 aromatic carbocycles. The topological polar surface area (TPSA) is 23.5 Å². The molecule has 1 aliphatic heterocycles. The van der Waals surface area contributed by atoms with Gasteiger partial charge in [0.2, 0.25) is 0 Å². The summed E-state index contributed by atoms with van der Waals surface area (Å²) in [6, 6.07) is 19.3. The third kappa shape index (κ3) is 2.81. The zero-order chi connectivity index (χ0) is 14.7. The van der Waals surface area contributed by atoms with Crippen molar-refractivity contribution in [2.45, 2.75) is 38.3 Å². The van der Waals surface area contributed by atoms with Gasteiger partial charge in [-0.25, -0.2) is 0 Å². The smallest absolute Gasteiger partial charge is 0.120 e. The van der Waals surface area contributed by atoms with Crippen LogP contribution in [0.25, 0.3) is 0 Å². The molecule has 0 aliphatic carbocycles. The maximum Gasteiger partial charge on any atom is 0.120 e. The van der Waals surface area contributed by atoms with Crippen LogP contribution in [0.15, 0.2) is 54.6 Å². The van der Waals surface area contributed by atoms with Crippen molar-refractivity contribution < 1.29 is 5.11 Å². The van der Waals surface area contributed by atoms with Gasteiger partial charge in [0, 0.05) is 17.6 Å². The predicted molar refractivity (Wildman–Crippen MR) is 86.3 cm³/mol. The van der Waals surface area contributed by atoms with Crippen molar-refractivity contribution >= 4 is 0 Å². The Morgan fingerprint density at radius 1 is 1.10 bits per heavy atom. The Hall–Kier alpha value is -1.80. The lowest BCUT2D eigenvalue weighted by molar-refractivity contribution is 0.173. The van der Waals surface area contributed by atoms with E-state index in [-0.39, 0.29) is 0 Å². The van der Waals surface area contributed by atoms with Gasteiger partial charge < -0.3 is 5.11 Å². The largest absolute Gasteiger partial charge is 0.508 e. The molecule has 1 N–H and O–H groups in total. The van der Waals surface area contributed by atoms with Gasteiger partial charge in [-0.2, -0.15) is 0 Å². The van der Waals surface area contributed by atoms with E-state index in [4.69, 9.17) is 0 Å². The van der Waals surface area contributed by atoms with Crippen LogP contribution in [-0.4, -0.2) is 16.6 Å². The highest BCUT2D eigenvalue weighted by Gasteiger charge is 2.32. The number of para-hydroxylation sites is 1. The first-order valence-electron chi connectivity index (χ1n) is 7.90. The maximum atomic E-state index is 10.2. The summed E-state index contributed by atoms with van der Waals surface area (Å²) in [6.07, 6.45) is 3.44. The molecular formula is C19H23NO. The second kappa shape index (κ2) is 6.31. The van der Waals surface area contributed by atoms with Gasteiger partial charge in [-0.3, -0.25) is 4.90 Å². The molecule has 21 heavy (non-hydrogen) atoms. The Labute approximate surface area is 127 Å².